The largest absolute Gasteiger partial charge is 0.497 e. The average Bonchev–Trinajstić information content (AvgIpc) is 3.15. The number of methoxy groups -OCH3 is 2. The Morgan fingerprint density at radius 3 is 2.63 bits per heavy atom. The number of aromatic nitrogens is 4. The van der Waals surface area contributed by atoms with Gasteiger partial charge in [-0.3, -0.25) is 18.8 Å². The van der Waals surface area contributed by atoms with E-state index in [9.17, 15) is 9.59 Å². The Bertz CT molecular complexity index is 1100. The standard InChI is InChI=1S/C21H25N5O4/c1-5-14-10-20(27)26(13-23-14)9-8-22-21(28)18-12-17(24-25(18)2)16-11-15(29-3)6-7-19(16)30-4/h6-7,10-13H,5,8-9H2,1-4H3,(H,22,28). The molecule has 2 aromatic heterocycles. The summed E-state index contributed by atoms with van der Waals surface area (Å²) >= 11 is 0. The normalized spacial score (nSPS) is 10.7. The summed E-state index contributed by atoms with van der Waals surface area (Å²) in [6.45, 7) is 2.56. The molecule has 2 heterocycles. The molecule has 0 radical (unpaired) electrons. The average molecular weight is 411 g/mol. The van der Waals surface area contributed by atoms with Gasteiger partial charge in [-0.1, -0.05) is 6.92 Å². The number of ether oxygens (including phenoxy) is 2. The molecular formula is C21H25N5O4. The highest BCUT2D eigenvalue weighted by Gasteiger charge is 2.17. The van der Waals surface area contributed by atoms with E-state index in [1.807, 2.05) is 13.0 Å². The van der Waals surface area contributed by atoms with E-state index in [0.29, 0.717) is 35.9 Å². The number of carbonyl (C=O) groups excluding carboxylic acids is 1. The molecule has 30 heavy (non-hydrogen) atoms. The predicted octanol–water partition coefficient (Wildman–Crippen LogP) is 1.65. The SMILES string of the molecule is CCc1cc(=O)n(CCNC(=O)c2cc(-c3cc(OC)ccc3OC)nn2C)cn1. The fraction of sp³-hybridized carbons (Fsp3) is 0.333. The van der Waals surface area contributed by atoms with Crippen molar-refractivity contribution in [2.45, 2.75) is 19.9 Å². The van der Waals surface area contributed by atoms with Gasteiger partial charge in [-0.15, -0.1) is 0 Å². The molecule has 0 aliphatic carbocycles. The van der Waals surface area contributed by atoms with Crippen LogP contribution in [0.15, 0.2) is 41.5 Å². The molecule has 9 nitrogen and oxygen atoms in total. The van der Waals surface area contributed by atoms with Crippen LogP contribution in [0.5, 0.6) is 11.5 Å². The second kappa shape index (κ2) is 9.25. The van der Waals surface area contributed by atoms with Crippen molar-refractivity contribution in [2.75, 3.05) is 20.8 Å². The smallest absolute Gasteiger partial charge is 0.269 e. The number of amides is 1. The molecule has 9 heteroatoms. The first-order valence-corrected chi connectivity index (χ1v) is 9.56. The van der Waals surface area contributed by atoms with Gasteiger partial charge in [-0.2, -0.15) is 5.10 Å². The van der Waals surface area contributed by atoms with Crippen molar-refractivity contribution in [1.29, 1.82) is 0 Å². The van der Waals surface area contributed by atoms with E-state index < -0.39 is 0 Å². The second-order valence-corrected chi connectivity index (χ2v) is 6.63. The Kier molecular flexibility index (Phi) is 6.51. The summed E-state index contributed by atoms with van der Waals surface area (Å²) in [5.41, 5.74) is 2.32. The maximum atomic E-state index is 12.6. The zero-order chi connectivity index (χ0) is 21.7. The van der Waals surface area contributed by atoms with Crippen molar-refractivity contribution in [1.82, 2.24) is 24.6 Å². The Morgan fingerprint density at radius 1 is 1.17 bits per heavy atom. The minimum absolute atomic E-state index is 0.135. The zero-order valence-electron chi connectivity index (χ0n) is 17.5. The van der Waals surface area contributed by atoms with E-state index >= 15 is 0 Å². The van der Waals surface area contributed by atoms with Gasteiger partial charge in [0.05, 0.1) is 26.2 Å². The predicted molar refractivity (Wildman–Crippen MR) is 112 cm³/mol. The minimum atomic E-state index is -0.288. The first kappa shape index (κ1) is 21.1. The molecule has 0 bridgehead atoms. The molecule has 0 aliphatic rings. The molecule has 0 unspecified atom stereocenters. The summed E-state index contributed by atoms with van der Waals surface area (Å²) < 4.78 is 13.7. The van der Waals surface area contributed by atoms with Crippen LogP contribution in [0, 0.1) is 0 Å². The lowest BCUT2D eigenvalue weighted by atomic mass is 10.1. The van der Waals surface area contributed by atoms with E-state index in [2.05, 4.69) is 15.4 Å². The summed E-state index contributed by atoms with van der Waals surface area (Å²) in [5, 5.41) is 7.26. The number of rotatable bonds is 8. The number of hydrogen-bond donors (Lipinski definition) is 1. The maximum Gasteiger partial charge on any atom is 0.269 e. The van der Waals surface area contributed by atoms with Crippen LogP contribution in [0.2, 0.25) is 0 Å². The van der Waals surface area contributed by atoms with Crippen LogP contribution in [0.25, 0.3) is 11.3 Å². The van der Waals surface area contributed by atoms with Crippen molar-refractivity contribution in [3.63, 3.8) is 0 Å². The van der Waals surface area contributed by atoms with Crippen LogP contribution in [0.1, 0.15) is 23.1 Å². The molecule has 0 aliphatic heterocycles. The van der Waals surface area contributed by atoms with Crippen molar-refractivity contribution < 1.29 is 14.3 Å². The molecule has 0 saturated carbocycles. The van der Waals surface area contributed by atoms with Crippen molar-refractivity contribution in [3.05, 3.63) is 58.4 Å². The number of benzene rings is 1. The highest BCUT2D eigenvalue weighted by atomic mass is 16.5. The van der Waals surface area contributed by atoms with Crippen LogP contribution in [0.4, 0.5) is 0 Å². The molecule has 3 rings (SSSR count). The first-order valence-electron chi connectivity index (χ1n) is 9.56. The fourth-order valence-corrected chi connectivity index (χ4v) is 3.03. The van der Waals surface area contributed by atoms with Gasteiger partial charge < -0.3 is 14.8 Å². The van der Waals surface area contributed by atoms with Crippen LogP contribution < -0.4 is 20.3 Å². The van der Waals surface area contributed by atoms with Gasteiger partial charge in [0.15, 0.2) is 0 Å². The van der Waals surface area contributed by atoms with Gasteiger partial charge in [0, 0.05) is 37.5 Å². The maximum absolute atomic E-state index is 12.6. The number of aryl methyl sites for hydroxylation is 2. The number of hydrogen-bond acceptors (Lipinski definition) is 6. The molecule has 1 amide bonds. The minimum Gasteiger partial charge on any atom is -0.497 e. The van der Waals surface area contributed by atoms with E-state index in [0.717, 1.165) is 11.3 Å². The Labute approximate surface area is 174 Å². The van der Waals surface area contributed by atoms with Crippen molar-refractivity contribution >= 4 is 5.91 Å². The van der Waals surface area contributed by atoms with E-state index in [4.69, 9.17) is 9.47 Å². The molecule has 158 valence electrons. The third kappa shape index (κ3) is 4.51. The van der Waals surface area contributed by atoms with Gasteiger partial charge in [-0.05, 0) is 30.7 Å². The number of nitrogens with one attached hydrogen (secondary N) is 1. The summed E-state index contributed by atoms with van der Waals surface area (Å²) in [5.74, 6) is 1.00. The summed E-state index contributed by atoms with van der Waals surface area (Å²) in [6.07, 6.45) is 2.21. The molecule has 1 N–H and O–H groups in total. The number of carbonyl (C=O) groups is 1. The first-order chi connectivity index (χ1) is 14.5. The molecule has 0 fully saturated rings. The van der Waals surface area contributed by atoms with Crippen molar-refractivity contribution in [2.24, 2.45) is 7.05 Å². The van der Waals surface area contributed by atoms with Crippen LogP contribution in [-0.4, -0.2) is 46.0 Å². The van der Waals surface area contributed by atoms with Crippen molar-refractivity contribution in [3.8, 4) is 22.8 Å². The monoisotopic (exact) mass is 411 g/mol. The van der Waals surface area contributed by atoms with Crippen LogP contribution >= 0.6 is 0 Å². The molecule has 3 aromatic rings. The quantitative estimate of drug-likeness (QED) is 0.605. The fourth-order valence-electron chi connectivity index (χ4n) is 3.03. The lowest BCUT2D eigenvalue weighted by Gasteiger charge is -2.08. The molecule has 0 saturated heterocycles. The van der Waals surface area contributed by atoms with E-state index in [1.165, 1.54) is 21.6 Å². The van der Waals surface area contributed by atoms with Crippen LogP contribution in [-0.2, 0) is 20.0 Å². The Hall–Kier alpha value is -3.62. The third-order valence-corrected chi connectivity index (χ3v) is 4.73. The van der Waals surface area contributed by atoms with Gasteiger partial charge in [0.25, 0.3) is 11.5 Å². The van der Waals surface area contributed by atoms with Gasteiger partial charge in [0.1, 0.15) is 17.2 Å². The molecule has 0 atom stereocenters. The summed E-state index contributed by atoms with van der Waals surface area (Å²) in [6, 6.07) is 8.59. The highest BCUT2D eigenvalue weighted by molar-refractivity contribution is 5.93. The Balaban J connectivity index is 1.72. The van der Waals surface area contributed by atoms with E-state index in [1.54, 1.807) is 39.5 Å². The summed E-state index contributed by atoms with van der Waals surface area (Å²) in [7, 11) is 4.86. The van der Waals surface area contributed by atoms with Gasteiger partial charge >= 0.3 is 0 Å². The zero-order valence-corrected chi connectivity index (χ0v) is 17.5. The highest BCUT2D eigenvalue weighted by Crippen LogP contribution is 2.32. The number of nitrogens with zero attached hydrogens (tertiary/aromatic N) is 4. The van der Waals surface area contributed by atoms with E-state index in [-0.39, 0.29) is 18.0 Å². The second-order valence-electron chi connectivity index (χ2n) is 6.63. The molecule has 0 spiro atoms. The lowest BCUT2D eigenvalue weighted by Crippen LogP contribution is -2.32. The van der Waals surface area contributed by atoms with Gasteiger partial charge in [0.2, 0.25) is 0 Å². The third-order valence-electron chi connectivity index (χ3n) is 4.73. The topological polar surface area (TPSA) is 100 Å². The van der Waals surface area contributed by atoms with Gasteiger partial charge in [-0.25, -0.2) is 4.98 Å². The summed E-state index contributed by atoms with van der Waals surface area (Å²) in [4.78, 5) is 28.9. The molecule has 1 aromatic carbocycles. The van der Waals surface area contributed by atoms with Crippen LogP contribution in [0.3, 0.4) is 0 Å². The Morgan fingerprint density at radius 2 is 1.97 bits per heavy atom. The molecular weight excluding hydrogens is 386 g/mol. The lowest BCUT2D eigenvalue weighted by molar-refractivity contribution is 0.0942.